The van der Waals surface area contributed by atoms with Crippen LogP contribution in [0.2, 0.25) is 0 Å². The van der Waals surface area contributed by atoms with Gasteiger partial charge < -0.3 is 16.4 Å². The lowest BCUT2D eigenvalue weighted by Gasteiger charge is -2.20. The van der Waals surface area contributed by atoms with E-state index in [0.717, 1.165) is 10.0 Å². The van der Waals surface area contributed by atoms with Gasteiger partial charge in [0.25, 0.3) is 0 Å². The van der Waals surface area contributed by atoms with Crippen molar-refractivity contribution in [1.82, 2.24) is 0 Å². The number of amides is 2. The Balaban J connectivity index is 2.38. The molecule has 4 N–H and O–H groups in total. The molecule has 1 saturated heterocycles. The topological polar surface area (TPSA) is 89.4 Å². The number of nitrogens with two attached hydrogens (primary N) is 2. The molecule has 1 unspecified atom stereocenters. The van der Waals surface area contributed by atoms with Gasteiger partial charge in [-0.15, -0.1) is 0 Å². The monoisotopic (exact) mass is 311 g/mol. The third kappa shape index (κ3) is 2.20. The summed E-state index contributed by atoms with van der Waals surface area (Å²) in [6.07, 6.45) is 0.153. The van der Waals surface area contributed by atoms with Gasteiger partial charge >= 0.3 is 0 Å². The van der Waals surface area contributed by atoms with Crippen LogP contribution in [0.1, 0.15) is 12.0 Å². The van der Waals surface area contributed by atoms with Gasteiger partial charge in [-0.25, -0.2) is 0 Å². The van der Waals surface area contributed by atoms with Crippen molar-refractivity contribution >= 4 is 39.1 Å². The third-order valence-corrected chi connectivity index (χ3v) is 3.61. The van der Waals surface area contributed by atoms with E-state index in [9.17, 15) is 9.59 Å². The highest BCUT2D eigenvalue weighted by atomic mass is 79.9. The molecule has 96 valence electrons. The summed E-state index contributed by atoms with van der Waals surface area (Å²) in [4.78, 5) is 24.6. The number of carbonyl (C=O) groups is 2. The Hall–Kier alpha value is -1.56. The Kier molecular flexibility index (Phi) is 3.30. The number of benzene rings is 1. The predicted molar refractivity (Wildman–Crippen MR) is 72.9 cm³/mol. The second kappa shape index (κ2) is 4.61. The van der Waals surface area contributed by atoms with Crippen molar-refractivity contribution < 1.29 is 9.59 Å². The molecule has 0 aliphatic carbocycles. The first kappa shape index (κ1) is 12.9. The van der Waals surface area contributed by atoms with Crippen LogP contribution in [0.4, 0.5) is 11.4 Å². The highest BCUT2D eigenvalue weighted by Crippen LogP contribution is 2.34. The van der Waals surface area contributed by atoms with Crippen molar-refractivity contribution in [2.75, 3.05) is 17.2 Å². The van der Waals surface area contributed by atoms with Crippen LogP contribution in [0, 0.1) is 12.8 Å². The van der Waals surface area contributed by atoms with Crippen molar-refractivity contribution in [2.24, 2.45) is 11.7 Å². The number of hydrogen-bond acceptors (Lipinski definition) is 3. The molecule has 2 amide bonds. The standard InChI is InChI=1S/C12H14BrN3O2/c1-6-2-8(13)4-9(11(6)14)16-5-7(12(15)18)3-10(16)17/h2,4,7H,3,5,14H2,1H3,(H2,15,18). The van der Waals surface area contributed by atoms with E-state index in [1.54, 1.807) is 6.07 Å². The van der Waals surface area contributed by atoms with E-state index in [1.807, 2.05) is 13.0 Å². The molecule has 1 fully saturated rings. The highest BCUT2D eigenvalue weighted by Gasteiger charge is 2.34. The lowest BCUT2D eigenvalue weighted by Crippen LogP contribution is -2.29. The maximum atomic E-state index is 11.9. The second-order valence-electron chi connectivity index (χ2n) is 4.46. The number of nitrogen functional groups attached to an aromatic ring is 1. The summed E-state index contributed by atoms with van der Waals surface area (Å²) in [5.74, 6) is -1.00. The summed E-state index contributed by atoms with van der Waals surface area (Å²) in [6.45, 7) is 2.17. The van der Waals surface area contributed by atoms with E-state index in [2.05, 4.69) is 15.9 Å². The quantitative estimate of drug-likeness (QED) is 0.804. The molecule has 0 spiro atoms. The van der Waals surface area contributed by atoms with E-state index >= 15 is 0 Å². The molecular weight excluding hydrogens is 298 g/mol. The van der Waals surface area contributed by atoms with Crippen molar-refractivity contribution in [2.45, 2.75) is 13.3 Å². The fourth-order valence-corrected chi connectivity index (χ4v) is 2.65. The van der Waals surface area contributed by atoms with Gasteiger partial charge in [-0.2, -0.15) is 0 Å². The molecule has 0 aromatic heterocycles. The predicted octanol–water partition coefficient (Wildman–Crippen LogP) is 1.18. The smallest absolute Gasteiger partial charge is 0.227 e. The molecule has 0 radical (unpaired) electrons. The van der Waals surface area contributed by atoms with Gasteiger partial charge in [0.2, 0.25) is 11.8 Å². The lowest BCUT2D eigenvalue weighted by molar-refractivity contribution is -0.123. The summed E-state index contributed by atoms with van der Waals surface area (Å²) in [7, 11) is 0. The number of halogens is 1. The van der Waals surface area contributed by atoms with Gasteiger partial charge in [-0.1, -0.05) is 15.9 Å². The molecule has 1 aromatic rings. The number of hydrogen-bond donors (Lipinski definition) is 2. The van der Waals surface area contributed by atoms with E-state index in [-0.39, 0.29) is 12.3 Å². The molecular formula is C12H14BrN3O2. The van der Waals surface area contributed by atoms with E-state index in [4.69, 9.17) is 11.5 Å². The van der Waals surface area contributed by atoms with Gasteiger partial charge in [0.15, 0.2) is 0 Å². The van der Waals surface area contributed by atoms with Gasteiger partial charge in [0, 0.05) is 17.4 Å². The summed E-state index contributed by atoms with van der Waals surface area (Å²) >= 11 is 3.37. The average Bonchev–Trinajstić information content (AvgIpc) is 2.66. The van der Waals surface area contributed by atoms with Crippen molar-refractivity contribution in [3.05, 3.63) is 22.2 Å². The maximum absolute atomic E-state index is 11.9. The Morgan fingerprint density at radius 2 is 2.17 bits per heavy atom. The molecule has 1 aliphatic heterocycles. The van der Waals surface area contributed by atoms with Crippen LogP contribution < -0.4 is 16.4 Å². The number of aryl methyl sites for hydroxylation is 1. The largest absolute Gasteiger partial charge is 0.397 e. The first-order valence-electron chi connectivity index (χ1n) is 5.55. The molecule has 5 nitrogen and oxygen atoms in total. The van der Waals surface area contributed by atoms with Gasteiger partial charge in [0.05, 0.1) is 17.3 Å². The van der Waals surface area contributed by atoms with E-state index < -0.39 is 11.8 Å². The lowest BCUT2D eigenvalue weighted by atomic mass is 10.1. The van der Waals surface area contributed by atoms with Crippen LogP contribution in [0.15, 0.2) is 16.6 Å². The summed E-state index contributed by atoms with van der Waals surface area (Å²) in [5, 5.41) is 0. The van der Waals surface area contributed by atoms with E-state index in [1.165, 1.54) is 4.90 Å². The zero-order chi connectivity index (χ0) is 13.4. The molecule has 0 saturated carbocycles. The minimum Gasteiger partial charge on any atom is -0.397 e. The highest BCUT2D eigenvalue weighted by molar-refractivity contribution is 9.10. The number of carbonyl (C=O) groups excluding carboxylic acids is 2. The molecule has 18 heavy (non-hydrogen) atoms. The molecule has 1 aromatic carbocycles. The summed E-state index contributed by atoms with van der Waals surface area (Å²) < 4.78 is 0.847. The zero-order valence-corrected chi connectivity index (χ0v) is 11.5. The summed E-state index contributed by atoms with van der Waals surface area (Å²) in [6, 6.07) is 3.66. The van der Waals surface area contributed by atoms with Gasteiger partial charge in [-0.05, 0) is 24.6 Å². The van der Waals surface area contributed by atoms with Gasteiger partial charge in [-0.3, -0.25) is 9.59 Å². The fourth-order valence-electron chi connectivity index (χ4n) is 2.09. The van der Waals surface area contributed by atoms with Crippen molar-refractivity contribution in [3.8, 4) is 0 Å². The number of rotatable bonds is 2. The average molecular weight is 312 g/mol. The molecule has 0 bridgehead atoms. The SMILES string of the molecule is Cc1cc(Br)cc(N2CC(C(N)=O)CC2=O)c1N. The Labute approximate surface area is 113 Å². The number of nitrogens with zero attached hydrogens (tertiary/aromatic N) is 1. The minimum atomic E-state index is -0.448. The summed E-state index contributed by atoms with van der Waals surface area (Å²) in [5.41, 5.74) is 13.3. The van der Waals surface area contributed by atoms with Gasteiger partial charge in [0.1, 0.15) is 0 Å². The van der Waals surface area contributed by atoms with Crippen LogP contribution in [-0.2, 0) is 9.59 Å². The molecule has 1 atom stereocenters. The van der Waals surface area contributed by atoms with Crippen LogP contribution >= 0.6 is 15.9 Å². The zero-order valence-electron chi connectivity index (χ0n) is 9.94. The first-order chi connectivity index (χ1) is 8.40. The molecule has 2 rings (SSSR count). The molecule has 1 heterocycles. The van der Waals surface area contributed by atoms with Crippen LogP contribution in [0.5, 0.6) is 0 Å². The van der Waals surface area contributed by atoms with Crippen LogP contribution in [-0.4, -0.2) is 18.4 Å². The number of primary amides is 1. The maximum Gasteiger partial charge on any atom is 0.227 e. The van der Waals surface area contributed by atoms with E-state index in [0.29, 0.717) is 17.9 Å². The fraction of sp³-hybridized carbons (Fsp3) is 0.333. The second-order valence-corrected chi connectivity index (χ2v) is 5.38. The normalized spacial score (nSPS) is 19.3. The molecule has 1 aliphatic rings. The van der Waals surface area contributed by atoms with Crippen molar-refractivity contribution in [3.63, 3.8) is 0 Å². The molecule has 6 heteroatoms. The minimum absolute atomic E-state index is 0.122. The third-order valence-electron chi connectivity index (χ3n) is 3.15. The Bertz CT molecular complexity index is 530. The van der Waals surface area contributed by atoms with Crippen LogP contribution in [0.3, 0.4) is 0 Å². The van der Waals surface area contributed by atoms with Crippen LogP contribution in [0.25, 0.3) is 0 Å². The van der Waals surface area contributed by atoms with Crippen molar-refractivity contribution in [1.29, 1.82) is 0 Å². The Morgan fingerprint density at radius 3 is 2.72 bits per heavy atom. The first-order valence-corrected chi connectivity index (χ1v) is 6.34. The Morgan fingerprint density at radius 1 is 1.50 bits per heavy atom. The number of anilines is 2.